The fraction of sp³-hybridized carbons (Fsp3) is 0.0169. The van der Waals surface area contributed by atoms with Gasteiger partial charge in [-0.1, -0.05) is 182 Å². The zero-order valence-electron chi connectivity index (χ0n) is 34.4. The summed E-state index contributed by atoms with van der Waals surface area (Å²) in [6.07, 6.45) is 0. The second kappa shape index (κ2) is 13.0. The quantitative estimate of drug-likeness (QED) is 0.161. The molecule has 14 rings (SSSR count). The average Bonchev–Trinajstić information content (AvgIpc) is 3.71. The summed E-state index contributed by atoms with van der Waals surface area (Å²) in [6.45, 7) is -0.0999. The zero-order valence-corrected chi connectivity index (χ0v) is 34.4. The van der Waals surface area contributed by atoms with Crippen LogP contribution >= 0.6 is 0 Å². The molecular formula is C59H38BN3. The van der Waals surface area contributed by atoms with E-state index in [1.165, 1.54) is 93.9 Å². The van der Waals surface area contributed by atoms with Gasteiger partial charge in [-0.05, 0) is 98.0 Å². The molecule has 0 amide bonds. The van der Waals surface area contributed by atoms with Gasteiger partial charge in [0.2, 0.25) is 0 Å². The number of anilines is 5. The summed E-state index contributed by atoms with van der Waals surface area (Å²) in [5, 5.41) is 5.12. The molecule has 0 fully saturated rings. The van der Waals surface area contributed by atoms with Crippen LogP contribution in [0.25, 0.3) is 49.4 Å². The third kappa shape index (κ3) is 4.54. The largest absolute Gasteiger partial charge is 0.376 e. The Balaban J connectivity index is 1.18. The molecule has 4 heteroatoms. The van der Waals surface area contributed by atoms with E-state index < -0.39 is 5.41 Å². The van der Waals surface area contributed by atoms with Crippen molar-refractivity contribution in [1.29, 1.82) is 0 Å². The van der Waals surface area contributed by atoms with E-state index in [-0.39, 0.29) is 6.85 Å². The molecule has 0 unspecified atom stereocenters. The van der Waals surface area contributed by atoms with Crippen molar-refractivity contribution < 1.29 is 0 Å². The van der Waals surface area contributed by atoms with E-state index in [0.29, 0.717) is 0 Å². The van der Waals surface area contributed by atoms with Gasteiger partial charge in [-0.2, -0.15) is 0 Å². The van der Waals surface area contributed by atoms with E-state index in [2.05, 4.69) is 245 Å². The number of nitrogens with zero attached hydrogens (tertiary/aromatic N) is 3. The Bertz CT molecular complexity index is 3560. The molecule has 3 aliphatic heterocycles. The lowest BCUT2D eigenvalue weighted by molar-refractivity contribution is 0.734. The summed E-state index contributed by atoms with van der Waals surface area (Å²) in [4.78, 5) is 5.15. The Hall–Kier alpha value is -8.08. The maximum absolute atomic E-state index is 2.72. The second-order valence-corrected chi connectivity index (χ2v) is 17.2. The molecule has 0 bridgehead atoms. The van der Waals surface area contributed by atoms with E-state index in [4.69, 9.17) is 0 Å². The van der Waals surface area contributed by atoms with Gasteiger partial charge in [0, 0.05) is 50.5 Å². The van der Waals surface area contributed by atoms with Gasteiger partial charge in [-0.15, -0.1) is 0 Å². The molecule has 1 aromatic heterocycles. The van der Waals surface area contributed by atoms with Gasteiger partial charge in [-0.3, -0.25) is 0 Å². The fourth-order valence-electron chi connectivity index (χ4n) is 11.8. The fourth-order valence-corrected chi connectivity index (χ4v) is 11.8. The standard InChI is InChI=1S/C59H38BN3/c1-5-20-40(21-6-1)59(41-22-7-2-8-23-41)49-31-15-16-34-52(49)63-57-46(29-17-32-50(57)59)48-37-44(61(42-24-9-3-10-25-42)43-26-11-4-12-27-43)38-54-56(48)60(63)51-33-18-30-47-55-45-28-14-13-19-39(45)35-36-53(55)62(54)58(47)51/h1-38H. The number of rotatable bonds is 5. The molecule has 0 aliphatic carbocycles. The molecular weight excluding hydrogens is 761 g/mol. The molecule has 11 aromatic rings. The van der Waals surface area contributed by atoms with Crippen LogP contribution in [-0.4, -0.2) is 11.4 Å². The van der Waals surface area contributed by atoms with Crippen LogP contribution in [0.5, 0.6) is 0 Å². The third-order valence-corrected chi connectivity index (χ3v) is 14.2. The van der Waals surface area contributed by atoms with Crippen LogP contribution in [-0.2, 0) is 5.41 Å². The molecule has 0 saturated carbocycles. The SMILES string of the molecule is c1ccc(N(c2ccccc2)c2cc3c4c(c2)-n2c5ccc6ccccc6c5c5cccc(c52)B4N2c4ccccc4C(c4ccccc4)(c4ccccc4)c4cccc-3c42)cc1. The smallest absolute Gasteiger partial charge is 0.333 e. The Morgan fingerprint density at radius 3 is 1.76 bits per heavy atom. The van der Waals surface area contributed by atoms with Gasteiger partial charge in [-0.25, -0.2) is 0 Å². The highest BCUT2D eigenvalue weighted by Crippen LogP contribution is 2.60. The van der Waals surface area contributed by atoms with Crippen LogP contribution in [0.2, 0.25) is 0 Å². The first-order valence-electron chi connectivity index (χ1n) is 22.0. The van der Waals surface area contributed by atoms with Gasteiger partial charge in [0.25, 0.3) is 0 Å². The summed E-state index contributed by atoms with van der Waals surface area (Å²) in [6, 6.07) is 85.9. The van der Waals surface area contributed by atoms with Crippen LogP contribution in [0.4, 0.5) is 28.4 Å². The Morgan fingerprint density at radius 2 is 1.03 bits per heavy atom. The highest BCUT2D eigenvalue weighted by molar-refractivity contribution is 6.93. The minimum atomic E-state index is -0.576. The number of benzene rings is 10. The maximum atomic E-state index is 2.72. The normalized spacial score (nSPS) is 13.8. The van der Waals surface area contributed by atoms with Crippen molar-refractivity contribution in [3.8, 4) is 16.8 Å². The van der Waals surface area contributed by atoms with E-state index in [1.54, 1.807) is 0 Å². The number of para-hydroxylation sites is 5. The molecule has 10 aromatic carbocycles. The zero-order chi connectivity index (χ0) is 41.2. The molecule has 0 radical (unpaired) electrons. The first-order valence-corrected chi connectivity index (χ1v) is 22.0. The van der Waals surface area contributed by atoms with Gasteiger partial charge in [0.05, 0.1) is 16.4 Å². The molecule has 63 heavy (non-hydrogen) atoms. The van der Waals surface area contributed by atoms with Crippen LogP contribution in [0.3, 0.4) is 0 Å². The highest BCUT2D eigenvalue weighted by Gasteiger charge is 2.53. The average molecular weight is 800 g/mol. The number of hydrogen-bond donors (Lipinski definition) is 0. The molecule has 0 atom stereocenters. The summed E-state index contributed by atoms with van der Waals surface area (Å²) >= 11 is 0. The molecule has 0 N–H and O–H groups in total. The van der Waals surface area contributed by atoms with Crippen LogP contribution in [0, 0.1) is 0 Å². The van der Waals surface area contributed by atoms with Crippen molar-refractivity contribution in [3.63, 3.8) is 0 Å². The maximum Gasteiger partial charge on any atom is 0.333 e. The summed E-state index contributed by atoms with van der Waals surface area (Å²) in [7, 11) is 0. The lowest BCUT2D eigenvalue weighted by Crippen LogP contribution is -2.62. The van der Waals surface area contributed by atoms with Crippen LogP contribution in [0.15, 0.2) is 231 Å². The highest BCUT2D eigenvalue weighted by atomic mass is 15.2. The topological polar surface area (TPSA) is 11.4 Å². The molecule has 4 heterocycles. The number of hydrogen-bond acceptors (Lipinski definition) is 2. The summed E-state index contributed by atoms with van der Waals surface area (Å²) in [5.74, 6) is 0. The minimum absolute atomic E-state index is 0.0999. The summed E-state index contributed by atoms with van der Waals surface area (Å²) in [5.41, 5.74) is 19.2. The van der Waals surface area contributed by atoms with Crippen molar-refractivity contribution in [2.75, 3.05) is 9.71 Å². The Kier molecular flexibility index (Phi) is 7.13. The molecule has 0 saturated heterocycles. The molecule has 3 nitrogen and oxygen atoms in total. The lowest BCUT2D eigenvalue weighted by Gasteiger charge is -2.52. The molecule has 3 aliphatic rings. The van der Waals surface area contributed by atoms with Gasteiger partial charge in [0.1, 0.15) is 0 Å². The van der Waals surface area contributed by atoms with Crippen molar-refractivity contribution in [2.45, 2.75) is 5.41 Å². The van der Waals surface area contributed by atoms with Gasteiger partial charge >= 0.3 is 6.85 Å². The third-order valence-electron chi connectivity index (χ3n) is 14.2. The predicted molar refractivity (Wildman–Crippen MR) is 264 cm³/mol. The van der Waals surface area contributed by atoms with E-state index >= 15 is 0 Å². The van der Waals surface area contributed by atoms with E-state index in [0.717, 1.165) is 17.1 Å². The summed E-state index contributed by atoms with van der Waals surface area (Å²) < 4.78 is 2.60. The minimum Gasteiger partial charge on any atom is -0.376 e. The monoisotopic (exact) mass is 799 g/mol. The van der Waals surface area contributed by atoms with E-state index in [9.17, 15) is 0 Å². The van der Waals surface area contributed by atoms with Crippen molar-refractivity contribution in [1.82, 2.24) is 4.57 Å². The van der Waals surface area contributed by atoms with Gasteiger partial charge < -0.3 is 14.3 Å². The van der Waals surface area contributed by atoms with Crippen molar-refractivity contribution in [2.24, 2.45) is 0 Å². The first kappa shape index (κ1) is 34.6. The van der Waals surface area contributed by atoms with Crippen molar-refractivity contribution >= 4 is 78.8 Å². The molecule has 292 valence electrons. The number of aromatic nitrogens is 1. The lowest BCUT2D eigenvalue weighted by atomic mass is 9.42. The number of fused-ring (bicyclic) bond motifs is 11. The first-order chi connectivity index (χ1) is 31.3. The molecule has 0 spiro atoms. The van der Waals surface area contributed by atoms with Gasteiger partial charge in [0.15, 0.2) is 0 Å². The van der Waals surface area contributed by atoms with E-state index in [1.807, 2.05) is 0 Å². The van der Waals surface area contributed by atoms with Crippen LogP contribution in [0.1, 0.15) is 22.3 Å². The predicted octanol–water partition coefficient (Wildman–Crippen LogP) is 13.3. The Morgan fingerprint density at radius 1 is 0.429 bits per heavy atom. The van der Waals surface area contributed by atoms with Crippen molar-refractivity contribution in [3.05, 3.63) is 253 Å². The second-order valence-electron chi connectivity index (χ2n) is 17.2. The Labute approximate surface area is 366 Å². The van der Waals surface area contributed by atoms with Crippen LogP contribution < -0.4 is 20.6 Å².